The first-order chi connectivity index (χ1) is 10.5. The van der Waals surface area contributed by atoms with E-state index in [0.717, 1.165) is 26.1 Å². The second-order valence-corrected chi connectivity index (χ2v) is 6.50. The minimum Gasteiger partial charge on any atom is -0.338 e. The van der Waals surface area contributed by atoms with Gasteiger partial charge in [-0.2, -0.15) is 0 Å². The number of likely N-dealkylation sites (tertiary alicyclic amines) is 1. The third-order valence-corrected chi connectivity index (χ3v) is 3.88. The molecule has 1 atom stereocenters. The van der Waals surface area contributed by atoms with Crippen LogP contribution in [0.1, 0.15) is 26.7 Å². The number of benzene rings is 1. The van der Waals surface area contributed by atoms with Crippen molar-refractivity contribution in [3.8, 4) is 0 Å². The number of hydrogen-bond donors (Lipinski definition) is 2. The van der Waals surface area contributed by atoms with Crippen molar-refractivity contribution in [2.75, 3.05) is 31.5 Å². The van der Waals surface area contributed by atoms with E-state index >= 15 is 0 Å². The molecule has 5 heteroatoms. The van der Waals surface area contributed by atoms with Crippen molar-refractivity contribution < 1.29 is 9.18 Å². The predicted molar refractivity (Wildman–Crippen MR) is 87.4 cm³/mol. The number of amides is 2. The molecule has 0 spiro atoms. The van der Waals surface area contributed by atoms with Gasteiger partial charge in [0.15, 0.2) is 0 Å². The van der Waals surface area contributed by atoms with E-state index in [1.165, 1.54) is 18.6 Å². The van der Waals surface area contributed by atoms with Gasteiger partial charge in [-0.3, -0.25) is 0 Å². The van der Waals surface area contributed by atoms with Crippen molar-refractivity contribution in [1.29, 1.82) is 0 Å². The fraction of sp³-hybridized carbons (Fsp3) is 0.588. The van der Waals surface area contributed by atoms with E-state index in [1.54, 1.807) is 12.1 Å². The summed E-state index contributed by atoms with van der Waals surface area (Å²) in [4.78, 5) is 14.4. The van der Waals surface area contributed by atoms with Crippen LogP contribution in [0, 0.1) is 17.7 Å². The van der Waals surface area contributed by atoms with Gasteiger partial charge in [-0.25, -0.2) is 9.18 Å². The molecule has 2 N–H and O–H groups in total. The average molecular weight is 307 g/mol. The Labute approximate surface area is 132 Å². The zero-order chi connectivity index (χ0) is 15.9. The SMILES string of the molecule is CC(C)CN1CCC[C@H](CNC(=O)Nc2ccc(F)cc2)C1. The fourth-order valence-electron chi connectivity index (χ4n) is 2.95. The molecule has 1 fully saturated rings. The summed E-state index contributed by atoms with van der Waals surface area (Å²) in [6.45, 7) is 8.49. The van der Waals surface area contributed by atoms with Gasteiger partial charge in [-0.1, -0.05) is 13.8 Å². The molecule has 1 aromatic carbocycles. The lowest BCUT2D eigenvalue weighted by atomic mass is 9.97. The Bertz CT molecular complexity index is 475. The topological polar surface area (TPSA) is 44.4 Å². The quantitative estimate of drug-likeness (QED) is 0.876. The number of piperidine rings is 1. The highest BCUT2D eigenvalue weighted by atomic mass is 19.1. The van der Waals surface area contributed by atoms with Gasteiger partial charge in [0.25, 0.3) is 0 Å². The Balaban J connectivity index is 1.72. The molecule has 0 saturated carbocycles. The van der Waals surface area contributed by atoms with E-state index in [9.17, 15) is 9.18 Å². The van der Waals surface area contributed by atoms with Crippen LogP contribution in [-0.2, 0) is 0 Å². The van der Waals surface area contributed by atoms with E-state index in [1.807, 2.05) is 0 Å². The highest BCUT2D eigenvalue weighted by Gasteiger charge is 2.20. The first-order valence-corrected chi connectivity index (χ1v) is 8.05. The van der Waals surface area contributed by atoms with Gasteiger partial charge in [0.2, 0.25) is 0 Å². The minimum atomic E-state index is -0.307. The number of hydrogen-bond acceptors (Lipinski definition) is 2. The Morgan fingerprint density at radius 3 is 2.77 bits per heavy atom. The molecule has 22 heavy (non-hydrogen) atoms. The van der Waals surface area contributed by atoms with Gasteiger partial charge >= 0.3 is 6.03 Å². The van der Waals surface area contributed by atoms with Crippen molar-refractivity contribution >= 4 is 11.7 Å². The minimum absolute atomic E-state index is 0.229. The zero-order valence-electron chi connectivity index (χ0n) is 13.4. The molecule has 2 amide bonds. The third kappa shape index (κ3) is 5.64. The molecular weight excluding hydrogens is 281 g/mol. The third-order valence-electron chi connectivity index (χ3n) is 3.88. The van der Waals surface area contributed by atoms with Crippen LogP contribution in [0.3, 0.4) is 0 Å². The first-order valence-electron chi connectivity index (χ1n) is 8.05. The van der Waals surface area contributed by atoms with E-state index in [4.69, 9.17) is 0 Å². The van der Waals surface area contributed by atoms with E-state index < -0.39 is 0 Å². The van der Waals surface area contributed by atoms with Gasteiger partial charge in [0.1, 0.15) is 5.82 Å². The van der Waals surface area contributed by atoms with E-state index in [0.29, 0.717) is 24.1 Å². The standard InChI is InChI=1S/C17H26FN3O/c1-13(2)11-21-9-3-4-14(12-21)10-19-17(22)20-16-7-5-15(18)6-8-16/h5-8,13-14H,3-4,9-12H2,1-2H3,(H2,19,20,22)/t14-/m1/s1. The number of carbonyl (C=O) groups is 1. The smallest absolute Gasteiger partial charge is 0.319 e. The second kappa shape index (κ2) is 8.13. The van der Waals surface area contributed by atoms with Gasteiger partial charge in [-0.05, 0) is 55.5 Å². The summed E-state index contributed by atoms with van der Waals surface area (Å²) in [6.07, 6.45) is 2.35. The summed E-state index contributed by atoms with van der Waals surface area (Å²) in [5, 5.41) is 5.64. The van der Waals surface area contributed by atoms with Crippen molar-refractivity contribution in [2.45, 2.75) is 26.7 Å². The summed E-state index contributed by atoms with van der Waals surface area (Å²) < 4.78 is 12.8. The first kappa shape index (κ1) is 16.7. The lowest BCUT2D eigenvalue weighted by molar-refractivity contribution is 0.157. The monoisotopic (exact) mass is 307 g/mol. The van der Waals surface area contributed by atoms with Crippen LogP contribution in [-0.4, -0.2) is 37.1 Å². The molecule has 0 aromatic heterocycles. The van der Waals surface area contributed by atoms with Crippen molar-refractivity contribution in [3.05, 3.63) is 30.1 Å². The van der Waals surface area contributed by atoms with Crippen LogP contribution in [0.2, 0.25) is 0 Å². The fourth-order valence-corrected chi connectivity index (χ4v) is 2.95. The Morgan fingerprint density at radius 1 is 1.36 bits per heavy atom. The average Bonchev–Trinajstić information content (AvgIpc) is 2.47. The number of carbonyl (C=O) groups excluding carboxylic acids is 1. The molecule has 1 aliphatic heterocycles. The molecule has 1 saturated heterocycles. The van der Waals surface area contributed by atoms with E-state index in [2.05, 4.69) is 29.4 Å². The Kier molecular flexibility index (Phi) is 6.19. The summed E-state index contributed by atoms with van der Waals surface area (Å²) in [5.74, 6) is 0.873. The van der Waals surface area contributed by atoms with Crippen molar-refractivity contribution in [2.24, 2.45) is 11.8 Å². The van der Waals surface area contributed by atoms with Gasteiger partial charge in [-0.15, -0.1) is 0 Å². The van der Waals surface area contributed by atoms with Gasteiger partial charge in [0, 0.05) is 25.3 Å². The molecular formula is C17H26FN3O. The molecule has 122 valence electrons. The van der Waals surface area contributed by atoms with Crippen molar-refractivity contribution in [1.82, 2.24) is 10.2 Å². The zero-order valence-corrected chi connectivity index (χ0v) is 13.4. The molecule has 1 heterocycles. The molecule has 0 bridgehead atoms. The highest BCUT2D eigenvalue weighted by molar-refractivity contribution is 5.89. The lowest BCUT2D eigenvalue weighted by Crippen LogP contribution is -2.43. The summed E-state index contributed by atoms with van der Waals surface area (Å²) in [6, 6.07) is 5.55. The maximum atomic E-state index is 12.8. The van der Waals surface area contributed by atoms with Crippen LogP contribution in [0.15, 0.2) is 24.3 Å². The number of nitrogens with zero attached hydrogens (tertiary/aromatic N) is 1. The van der Waals surface area contributed by atoms with Gasteiger partial charge in [0.05, 0.1) is 0 Å². The van der Waals surface area contributed by atoms with Crippen LogP contribution >= 0.6 is 0 Å². The molecule has 1 aromatic rings. The number of anilines is 1. The summed E-state index contributed by atoms with van der Waals surface area (Å²) >= 11 is 0. The maximum Gasteiger partial charge on any atom is 0.319 e. The Morgan fingerprint density at radius 2 is 2.09 bits per heavy atom. The normalized spacial score (nSPS) is 19.2. The van der Waals surface area contributed by atoms with Crippen LogP contribution < -0.4 is 10.6 Å². The van der Waals surface area contributed by atoms with E-state index in [-0.39, 0.29) is 11.8 Å². The Hall–Kier alpha value is -1.62. The highest BCUT2D eigenvalue weighted by Crippen LogP contribution is 2.17. The van der Waals surface area contributed by atoms with Crippen LogP contribution in [0.5, 0.6) is 0 Å². The van der Waals surface area contributed by atoms with Gasteiger partial charge < -0.3 is 15.5 Å². The molecule has 4 nitrogen and oxygen atoms in total. The van der Waals surface area contributed by atoms with Crippen LogP contribution in [0.25, 0.3) is 0 Å². The molecule has 1 aliphatic rings. The molecule has 2 rings (SSSR count). The predicted octanol–water partition coefficient (Wildman–Crippen LogP) is 3.32. The lowest BCUT2D eigenvalue weighted by Gasteiger charge is -2.33. The second-order valence-electron chi connectivity index (χ2n) is 6.50. The number of nitrogens with one attached hydrogen (secondary N) is 2. The summed E-state index contributed by atoms with van der Waals surface area (Å²) in [5.41, 5.74) is 0.601. The number of rotatable bonds is 5. The molecule has 0 aliphatic carbocycles. The maximum absolute atomic E-state index is 12.8. The number of urea groups is 1. The summed E-state index contributed by atoms with van der Waals surface area (Å²) in [7, 11) is 0. The van der Waals surface area contributed by atoms with Crippen LogP contribution in [0.4, 0.5) is 14.9 Å². The van der Waals surface area contributed by atoms with Crippen molar-refractivity contribution in [3.63, 3.8) is 0 Å². The largest absolute Gasteiger partial charge is 0.338 e. The number of halogens is 1. The molecule has 0 unspecified atom stereocenters. The molecule has 0 radical (unpaired) electrons.